The number of rotatable bonds is 1. The van der Waals surface area contributed by atoms with Crippen molar-refractivity contribution in [3.05, 3.63) is 0 Å². The number of hydrogen-bond donors (Lipinski definition) is 0. The smallest absolute Gasteiger partial charge is 0.252 e. The summed E-state index contributed by atoms with van der Waals surface area (Å²) in [6, 6.07) is 0. The van der Waals surface area contributed by atoms with E-state index in [2.05, 4.69) is 0 Å². The maximum absolute atomic E-state index is 12.3. The van der Waals surface area contributed by atoms with Gasteiger partial charge in [0.2, 0.25) is 5.91 Å². The SMILES string of the molecule is CN1CCC(C)(C(F)F)C1=O. The van der Waals surface area contributed by atoms with Crippen molar-refractivity contribution >= 4 is 5.91 Å². The van der Waals surface area contributed by atoms with Gasteiger partial charge < -0.3 is 4.90 Å². The summed E-state index contributed by atoms with van der Waals surface area (Å²) in [5, 5.41) is 0. The van der Waals surface area contributed by atoms with Gasteiger partial charge >= 0.3 is 0 Å². The number of carbonyl (C=O) groups excluding carboxylic acids is 1. The van der Waals surface area contributed by atoms with Crippen molar-refractivity contribution in [2.24, 2.45) is 5.41 Å². The molecule has 0 aromatic rings. The van der Waals surface area contributed by atoms with E-state index in [1.54, 1.807) is 7.05 Å². The molecule has 1 aliphatic heterocycles. The largest absolute Gasteiger partial charge is 0.345 e. The first kappa shape index (κ1) is 8.43. The second-order valence-electron chi connectivity index (χ2n) is 3.19. The molecule has 0 bridgehead atoms. The van der Waals surface area contributed by atoms with Gasteiger partial charge in [0, 0.05) is 13.6 Å². The molecule has 0 spiro atoms. The summed E-state index contributed by atoms with van der Waals surface area (Å²) < 4.78 is 24.6. The minimum atomic E-state index is -2.54. The van der Waals surface area contributed by atoms with Crippen LogP contribution in [0.4, 0.5) is 8.78 Å². The maximum Gasteiger partial charge on any atom is 0.252 e. The van der Waals surface area contributed by atoms with Crippen molar-refractivity contribution in [3.8, 4) is 0 Å². The van der Waals surface area contributed by atoms with Gasteiger partial charge in [0.1, 0.15) is 5.41 Å². The molecular weight excluding hydrogens is 152 g/mol. The second kappa shape index (κ2) is 2.43. The summed E-state index contributed by atoms with van der Waals surface area (Å²) in [6.07, 6.45) is -2.28. The molecule has 4 heteroatoms. The van der Waals surface area contributed by atoms with Crippen LogP contribution < -0.4 is 0 Å². The van der Waals surface area contributed by atoms with Crippen molar-refractivity contribution in [2.75, 3.05) is 13.6 Å². The van der Waals surface area contributed by atoms with E-state index < -0.39 is 17.7 Å². The van der Waals surface area contributed by atoms with Crippen LogP contribution in [0.15, 0.2) is 0 Å². The Hall–Kier alpha value is -0.670. The minimum Gasteiger partial charge on any atom is -0.345 e. The first-order valence-corrected chi connectivity index (χ1v) is 3.52. The molecule has 1 rings (SSSR count). The highest BCUT2D eigenvalue weighted by molar-refractivity contribution is 5.84. The Balaban J connectivity index is 2.81. The number of alkyl halides is 2. The fourth-order valence-corrected chi connectivity index (χ4v) is 1.25. The molecule has 1 heterocycles. The average Bonchev–Trinajstić information content (AvgIpc) is 2.18. The number of halogens is 2. The molecular formula is C7H11F2NO. The van der Waals surface area contributed by atoms with E-state index in [4.69, 9.17) is 0 Å². The molecule has 0 aliphatic carbocycles. The van der Waals surface area contributed by atoms with Crippen LogP contribution in [-0.4, -0.2) is 30.8 Å². The zero-order chi connectivity index (χ0) is 8.65. The van der Waals surface area contributed by atoms with E-state index >= 15 is 0 Å². The molecule has 2 nitrogen and oxygen atoms in total. The Morgan fingerprint density at radius 3 is 2.36 bits per heavy atom. The van der Waals surface area contributed by atoms with Crippen LogP contribution in [-0.2, 0) is 4.79 Å². The van der Waals surface area contributed by atoms with Crippen LogP contribution in [0, 0.1) is 5.41 Å². The Labute approximate surface area is 64.2 Å². The monoisotopic (exact) mass is 163 g/mol. The summed E-state index contributed by atoms with van der Waals surface area (Å²) in [6.45, 7) is 1.77. The normalized spacial score (nSPS) is 32.1. The van der Waals surface area contributed by atoms with E-state index in [1.165, 1.54) is 11.8 Å². The van der Waals surface area contributed by atoms with Crippen molar-refractivity contribution in [1.29, 1.82) is 0 Å². The molecule has 1 fully saturated rings. The first-order chi connectivity index (χ1) is 4.98. The van der Waals surface area contributed by atoms with Gasteiger partial charge in [0.25, 0.3) is 6.43 Å². The number of likely N-dealkylation sites (tertiary alicyclic amines) is 1. The third-order valence-corrected chi connectivity index (χ3v) is 2.28. The zero-order valence-corrected chi connectivity index (χ0v) is 6.60. The highest BCUT2D eigenvalue weighted by atomic mass is 19.3. The van der Waals surface area contributed by atoms with Gasteiger partial charge in [-0.1, -0.05) is 0 Å². The van der Waals surface area contributed by atoms with E-state index in [9.17, 15) is 13.6 Å². The van der Waals surface area contributed by atoms with Crippen LogP contribution in [0.2, 0.25) is 0 Å². The summed E-state index contributed by atoms with van der Waals surface area (Å²) in [5.41, 5.74) is -1.42. The number of hydrogen-bond acceptors (Lipinski definition) is 1. The molecule has 0 aromatic heterocycles. The molecule has 0 radical (unpaired) electrons. The van der Waals surface area contributed by atoms with Crippen LogP contribution in [0.1, 0.15) is 13.3 Å². The fourth-order valence-electron chi connectivity index (χ4n) is 1.25. The Bertz CT molecular complexity index is 183. The lowest BCUT2D eigenvalue weighted by atomic mass is 9.90. The lowest BCUT2D eigenvalue weighted by molar-refractivity contribution is -0.141. The summed E-state index contributed by atoms with van der Waals surface area (Å²) >= 11 is 0. The van der Waals surface area contributed by atoms with E-state index in [1.807, 2.05) is 0 Å². The van der Waals surface area contributed by atoms with Gasteiger partial charge in [-0.2, -0.15) is 0 Å². The molecule has 1 aliphatic rings. The Morgan fingerprint density at radius 1 is 1.64 bits per heavy atom. The lowest BCUT2D eigenvalue weighted by Crippen LogP contribution is -2.35. The van der Waals surface area contributed by atoms with Crippen LogP contribution >= 0.6 is 0 Å². The van der Waals surface area contributed by atoms with E-state index in [-0.39, 0.29) is 6.42 Å². The molecule has 1 unspecified atom stereocenters. The van der Waals surface area contributed by atoms with Gasteiger partial charge in [0.05, 0.1) is 0 Å². The van der Waals surface area contributed by atoms with Gasteiger partial charge in [-0.3, -0.25) is 4.79 Å². The predicted molar refractivity (Wildman–Crippen MR) is 36.4 cm³/mol. The molecule has 64 valence electrons. The number of carbonyl (C=O) groups is 1. The van der Waals surface area contributed by atoms with E-state index in [0.717, 1.165) is 0 Å². The number of amides is 1. The molecule has 0 aromatic carbocycles. The molecule has 1 saturated heterocycles. The molecule has 1 amide bonds. The average molecular weight is 163 g/mol. The molecule has 11 heavy (non-hydrogen) atoms. The second-order valence-corrected chi connectivity index (χ2v) is 3.19. The molecule has 0 saturated carbocycles. The Kier molecular flexibility index (Phi) is 1.86. The Morgan fingerprint density at radius 2 is 2.18 bits per heavy atom. The van der Waals surface area contributed by atoms with Crippen LogP contribution in [0.3, 0.4) is 0 Å². The maximum atomic E-state index is 12.3. The number of nitrogens with zero attached hydrogens (tertiary/aromatic N) is 1. The predicted octanol–water partition coefficient (Wildman–Crippen LogP) is 1.12. The third kappa shape index (κ3) is 1.10. The van der Waals surface area contributed by atoms with Crippen molar-refractivity contribution in [2.45, 2.75) is 19.8 Å². The summed E-state index contributed by atoms with van der Waals surface area (Å²) in [5.74, 6) is -0.437. The zero-order valence-electron chi connectivity index (χ0n) is 6.60. The summed E-state index contributed by atoms with van der Waals surface area (Å²) in [4.78, 5) is 12.5. The highest BCUT2D eigenvalue weighted by Gasteiger charge is 2.48. The third-order valence-electron chi connectivity index (χ3n) is 2.28. The first-order valence-electron chi connectivity index (χ1n) is 3.52. The van der Waals surface area contributed by atoms with Crippen LogP contribution in [0.5, 0.6) is 0 Å². The van der Waals surface area contributed by atoms with Gasteiger partial charge in [-0.15, -0.1) is 0 Å². The van der Waals surface area contributed by atoms with Gasteiger partial charge in [0.15, 0.2) is 0 Å². The van der Waals surface area contributed by atoms with Crippen LogP contribution in [0.25, 0.3) is 0 Å². The minimum absolute atomic E-state index is 0.264. The van der Waals surface area contributed by atoms with Crippen molar-refractivity contribution in [3.63, 3.8) is 0 Å². The molecule has 1 atom stereocenters. The van der Waals surface area contributed by atoms with Crippen molar-refractivity contribution < 1.29 is 13.6 Å². The van der Waals surface area contributed by atoms with Gasteiger partial charge in [-0.25, -0.2) is 8.78 Å². The lowest BCUT2D eigenvalue weighted by Gasteiger charge is -2.20. The topological polar surface area (TPSA) is 20.3 Å². The summed E-state index contributed by atoms with van der Waals surface area (Å²) in [7, 11) is 1.55. The van der Waals surface area contributed by atoms with Crippen molar-refractivity contribution in [1.82, 2.24) is 4.90 Å². The highest BCUT2D eigenvalue weighted by Crippen LogP contribution is 2.36. The molecule has 0 N–H and O–H groups in total. The van der Waals surface area contributed by atoms with E-state index in [0.29, 0.717) is 6.54 Å². The standard InChI is InChI=1S/C7H11F2NO/c1-7(5(8)9)3-4-10(2)6(7)11/h5H,3-4H2,1-2H3. The fraction of sp³-hybridized carbons (Fsp3) is 0.857. The van der Waals surface area contributed by atoms with Gasteiger partial charge in [-0.05, 0) is 13.3 Å². The quantitative estimate of drug-likeness (QED) is 0.567.